The van der Waals surface area contributed by atoms with E-state index >= 15 is 0 Å². The summed E-state index contributed by atoms with van der Waals surface area (Å²) in [7, 11) is -3.73. The van der Waals surface area contributed by atoms with Crippen molar-refractivity contribution in [2.24, 2.45) is 0 Å². The van der Waals surface area contributed by atoms with Crippen LogP contribution in [0.1, 0.15) is 41.6 Å². The zero-order valence-electron chi connectivity index (χ0n) is 15.5. The highest BCUT2D eigenvalue weighted by Crippen LogP contribution is 2.25. The van der Waals surface area contributed by atoms with Crippen LogP contribution >= 0.6 is 0 Å². The molecule has 1 N–H and O–H groups in total. The van der Waals surface area contributed by atoms with Crippen LogP contribution in [0.4, 0.5) is 14.5 Å². The van der Waals surface area contributed by atoms with E-state index in [0.717, 1.165) is 37.8 Å². The molecule has 1 aliphatic heterocycles. The third kappa shape index (κ3) is 4.39. The summed E-state index contributed by atoms with van der Waals surface area (Å²) in [6.45, 7) is 2.59. The SMILES string of the molecule is Cc1ccc(C(=O)Nc2ccc(F)cc2F)cc1S(=O)(=O)N1CCCCCC1. The lowest BCUT2D eigenvalue weighted by Gasteiger charge is -2.21. The largest absolute Gasteiger partial charge is 0.319 e. The fraction of sp³-hybridized carbons (Fsp3) is 0.350. The van der Waals surface area contributed by atoms with Crippen LogP contribution in [0.5, 0.6) is 0 Å². The van der Waals surface area contributed by atoms with Gasteiger partial charge in [-0.2, -0.15) is 4.31 Å². The van der Waals surface area contributed by atoms with Crippen LogP contribution in [-0.4, -0.2) is 31.7 Å². The summed E-state index contributed by atoms with van der Waals surface area (Å²) in [4.78, 5) is 12.6. The van der Waals surface area contributed by atoms with Gasteiger partial charge in [0.15, 0.2) is 0 Å². The molecule has 1 amide bonds. The monoisotopic (exact) mass is 408 g/mol. The van der Waals surface area contributed by atoms with E-state index in [2.05, 4.69) is 5.32 Å². The summed E-state index contributed by atoms with van der Waals surface area (Å²) in [6.07, 6.45) is 3.61. The third-order valence-corrected chi connectivity index (χ3v) is 6.85. The molecule has 3 rings (SSSR count). The van der Waals surface area contributed by atoms with E-state index in [1.807, 2.05) is 0 Å². The molecule has 28 heavy (non-hydrogen) atoms. The van der Waals surface area contributed by atoms with Crippen LogP contribution in [-0.2, 0) is 10.0 Å². The van der Waals surface area contributed by atoms with Gasteiger partial charge in [-0.15, -0.1) is 0 Å². The van der Waals surface area contributed by atoms with Gasteiger partial charge in [0.1, 0.15) is 11.6 Å². The highest BCUT2D eigenvalue weighted by molar-refractivity contribution is 7.89. The molecule has 0 unspecified atom stereocenters. The maximum Gasteiger partial charge on any atom is 0.255 e. The molecule has 150 valence electrons. The number of sulfonamides is 1. The summed E-state index contributed by atoms with van der Waals surface area (Å²) in [5.74, 6) is -2.33. The van der Waals surface area contributed by atoms with Crippen molar-refractivity contribution in [1.82, 2.24) is 4.31 Å². The molecule has 0 saturated carbocycles. The predicted octanol–water partition coefficient (Wildman–Crippen LogP) is 4.09. The lowest BCUT2D eigenvalue weighted by Crippen LogP contribution is -2.32. The molecule has 0 spiro atoms. The molecular weight excluding hydrogens is 386 g/mol. The molecular formula is C20H22F2N2O3S. The molecule has 0 radical (unpaired) electrons. The van der Waals surface area contributed by atoms with Crippen molar-refractivity contribution in [3.05, 3.63) is 59.2 Å². The lowest BCUT2D eigenvalue weighted by molar-refractivity contribution is 0.102. The van der Waals surface area contributed by atoms with E-state index in [4.69, 9.17) is 0 Å². The van der Waals surface area contributed by atoms with E-state index in [1.165, 1.54) is 16.4 Å². The Morgan fingerprint density at radius 3 is 2.32 bits per heavy atom. The van der Waals surface area contributed by atoms with Crippen molar-refractivity contribution in [3.8, 4) is 0 Å². The Labute approximate surface area is 163 Å². The van der Waals surface area contributed by atoms with Crippen molar-refractivity contribution < 1.29 is 22.0 Å². The first-order valence-electron chi connectivity index (χ1n) is 9.16. The van der Waals surface area contributed by atoms with Crippen LogP contribution < -0.4 is 5.32 Å². The van der Waals surface area contributed by atoms with Gasteiger partial charge >= 0.3 is 0 Å². The number of carbonyl (C=O) groups excluding carboxylic acids is 1. The van der Waals surface area contributed by atoms with Crippen molar-refractivity contribution in [3.63, 3.8) is 0 Å². The van der Waals surface area contributed by atoms with Crippen molar-refractivity contribution >= 4 is 21.6 Å². The molecule has 1 fully saturated rings. The molecule has 1 heterocycles. The average molecular weight is 408 g/mol. The average Bonchev–Trinajstić information content (AvgIpc) is 2.94. The second-order valence-electron chi connectivity index (χ2n) is 6.88. The quantitative estimate of drug-likeness (QED) is 0.829. The van der Waals surface area contributed by atoms with Crippen LogP contribution in [0.15, 0.2) is 41.3 Å². The van der Waals surface area contributed by atoms with E-state index in [1.54, 1.807) is 13.0 Å². The number of rotatable bonds is 4. The smallest absolute Gasteiger partial charge is 0.255 e. The van der Waals surface area contributed by atoms with E-state index in [0.29, 0.717) is 24.7 Å². The Kier molecular flexibility index (Phi) is 6.10. The van der Waals surface area contributed by atoms with Crippen molar-refractivity contribution in [2.45, 2.75) is 37.5 Å². The second-order valence-corrected chi connectivity index (χ2v) is 8.78. The van der Waals surface area contributed by atoms with Crippen molar-refractivity contribution in [1.29, 1.82) is 0 Å². The normalized spacial score (nSPS) is 15.8. The zero-order valence-corrected chi connectivity index (χ0v) is 16.4. The number of nitrogens with zero attached hydrogens (tertiary/aromatic N) is 1. The van der Waals surface area contributed by atoms with Gasteiger partial charge in [0.05, 0.1) is 10.6 Å². The predicted molar refractivity (Wildman–Crippen MR) is 103 cm³/mol. The molecule has 1 aliphatic rings. The molecule has 8 heteroatoms. The topological polar surface area (TPSA) is 66.5 Å². The second kappa shape index (κ2) is 8.36. The Morgan fingerprint density at radius 1 is 1.00 bits per heavy atom. The van der Waals surface area contributed by atoms with Gasteiger partial charge in [-0.3, -0.25) is 4.79 Å². The molecule has 5 nitrogen and oxygen atoms in total. The van der Waals surface area contributed by atoms with Gasteiger partial charge < -0.3 is 5.32 Å². The van der Waals surface area contributed by atoms with Crippen LogP contribution in [0.3, 0.4) is 0 Å². The van der Waals surface area contributed by atoms with Gasteiger partial charge in [-0.25, -0.2) is 17.2 Å². The Bertz CT molecular complexity index is 985. The standard InChI is InChI=1S/C20H22F2N2O3S/c1-14-6-7-15(20(25)23-18-9-8-16(21)13-17(18)22)12-19(14)28(26,27)24-10-4-2-3-5-11-24/h6-9,12-13H,2-5,10-11H2,1H3,(H,23,25). The first-order valence-corrected chi connectivity index (χ1v) is 10.6. The van der Waals surface area contributed by atoms with E-state index in [-0.39, 0.29) is 16.1 Å². The number of aryl methyl sites for hydroxylation is 1. The highest BCUT2D eigenvalue weighted by atomic mass is 32.2. The number of anilines is 1. The molecule has 0 atom stereocenters. The number of carbonyl (C=O) groups is 1. The molecule has 1 saturated heterocycles. The van der Waals surface area contributed by atoms with Crippen LogP contribution in [0, 0.1) is 18.6 Å². The summed E-state index contributed by atoms with van der Waals surface area (Å²) in [6, 6.07) is 7.16. The molecule has 2 aromatic rings. The minimum absolute atomic E-state index is 0.0710. The number of amides is 1. The number of nitrogens with one attached hydrogen (secondary N) is 1. The maximum absolute atomic E-state index is 13.8. The maximum atomic E-state index is 13.8. The molecule has 0 aromatic heterocycles. The number of hydrogen-bond donors (Lipinski definition) is 1. The Hall–Kier alpha value is -2.32. The first-order chi connectivity index (χ1) is 13.3. The van der Waals surface area contributed by atoms with Crippen LogP contribution in [0.25, 0.3) is 0 Å². The van der Waals surface area contributed by atoms with Crippen LogP contribution in [0.2, 0.25) is 0 Å². The highest BCUT2D eigenvalue weighted by Gasteiger charge is 2.27. The van der Waals surface area contributed by atoms with Gasteiger partial charge in [-0.05, 0) is 49.6 Å². The first kappa shape index (κ1) is 20.4. The summed E-state index contributed by atoms with van der Waals surface area (Å²) < 4.78 is 54.4. The van der Waals surface area contributed by atoms with Gasteiger partial charge in [0.2, 0.25) is 10.0 Å². The third-order valence-electron chi connectivity index (χ3n) is 4.81. The summed E-state index contributed by atoms with van der Waals surface area (Å²) in [5, 5.41) is 2.35. The molecule has 2 aromatic carbocycles. The Morgan fingerprint density at radius 2 is 1.68 bits per heavy atom. The number of hydrogen-bond acceptors (Lipinski definition) is 3. The minimum atomic E-state index is -3.73. The fourth-order valence-electron chi connectivity index (χ4n) is 3.23. The summed E-state index contributed by atoms with van der Waals surface area (Å²) in [5.41, 5.74) is 0.445. The van der Waals surface area contributed by atoms with Gasteiger partial charge in [0.25, 0.3) is 5.91 Å². The summed E-state index contributed by atoms with van der Waals surface area (Å²) >= 11 is 0. The number of halogens is 2. The van der Waals surface area contributed by atoms with E-state index < -0.39 is 27.6 Å². The van der Waals surface area contributed by atoms with Gasteiger partial charge in [0, 0.05) is 24.7 Å². The van der Waals surface area contributed by atoms with Gasteiger partial charge in [-0.1, -0.05) is 18.9 Å². The fourth-order valence-corrected chi connectivity index (χ4v) is 4.99. The van der Waals surface area contributed by atoms with Crippen molar-refractivity contribution in [2.75, 3.05) is 18.4 Å². The minimum Gasteiger partial charge on any atom is -0.319 e. The Balaban J connectivity index is 1.89. The number of benzene rings is 2. The lowest BCUT2D eigenvalue weighted by atomic mass is 10.1. The molecule has 0 aliphatic carbocycles. The molecule has 0 bridgehead atoms. The van der Waals surface area contributed by atoms with E-state index in [9.17, 15) is 22.0 Å². The zero-order chi connectivity index (χ0) is 20.3.